The highest BCUT2D eigenvalue weighted by atomic mass is 19.1. The molecule has 17 heavy (non-hydrogen) atoms. The zero-order valence-electron chi connectivity index (χ0n) is 9.56. The number of carbonyl (C=O) groups excluding carboxylic acids is 1. The summed E-state index contributed by atoms with van der Waals surface area (Å²) >= 11 is 0. The van der Waals surface area contributed by atoms with Crippen molar-refractivity contribution < 1.29 is 13.8 Å². The van der Waals surface area contributed by atoms with Crippen LogP contribution in [0.15, 0.2) is 48.7 Å². The molecule has 0 aliphatic rings. The maximum Gasteiger partial charge on any atom is 0.227 e. The molecule has 2 aromatic rings. The Labute approximate surface area is 99.3 Å². The number of halogens is 1. The minimum absolute atomic E-state index is 0.0937. The number of hydrogen-bond acceptors (Lipinski definition) is 1. The van der Waals surface area contributed by atoms with Gasteiger partial charge in [0.1, 0.15) is 5.82 Å². The zero-order valence-corrected chi connectivity index (χ0v) is 9.56. The maximum atomic E-state index is 13.0. The first-order valence-electron chi connectivity index (χ1n) is 5.40. The van der Waals surface area contributed by atoms with Gasteiger partial charge in [0.25, 0.3) is 0 Å². The molecular formula is C14H13FNO+. The number of pyridine rings is 1. The molecule has 0 fully saturated rings. The molecule has 0 unspecified atom stereocenters. The molecule has 0 saturated carbocycles. The van der Waals surface area contributed by atoms with Gasteiger partial charge in [-0.25, -0.2) is 4.39 Å². The normalized spacial score (nSPS) is 10.2. The minimum Gasteiger partial charge on any atom is -0.287 e. The van der Waals surface area contributed by atoms with E-state index in [-0.39, 0.29) is 18.1 Å². The van der Waals surface area contributed by atoms with Gasteiger partial charge in [0.15, 0.2) is 11.9 Å². The number of hydrogen-bond donors (Lipinski definition) is 0. The molecule has 86 valence electrons. The smallest absolute Gasteiger partial charge is 0.227 e. The molecule has 0 aliphatic carbocycles. The second-order valence-corrected chi connectivity index (χ2v) is 3.90. The lowest BCUT2D eigenvalue weighted by molar-refractivity contribution is -0.689. The summed E-state index contributed by atoms with van der Waals surface area (Å²) in [5, 5.41) is 0. The van der Waals surface area contributed by atoms with E-state index in [0.29, 0.717) is 5.56 Å². The molecule has 0 N–H and O–H groups in total. The van der Waals surface area contributed by atoms with E-state index in [4.69, 9.17) is 0 Å². The van der Waals surface area contributed by atoms with Crippen molar-refractivity contribution in [2.75, 3.05) is 0 Å². The molecule has 1 aromatic carbocycles. The molecule has 2 rings (SSSR count). The van der Waals surface area contributed by atoms with Crippen LogP contribution in [0.2, 0.25) is 0 Å². The Bertz CT molecular complexity index is 551. The molecule has 0 amide bonds. The fourth-order valence-corrected chi connectivity index (χ4v) is 1.65. The highest BCUT2D eigenvalue weighted by Gasteiger charge is 2.14. The lowest BCUT2D eigenvalue weighted by Crippen LogP contribution is -2.40. The molecule has 0 atom stereocenters. The topological polar surface area (TPSA) is 20.9 Å². The maximum absolute atomic E-state index is 13.0. The first-order valence-corrected chi connectivity index (χ1v) is 5.40. The van der Waals surface area contributed by atoms with Gasteiger partial charge in [0, 0.05) is 24.6 Å². The highest BCUT2D eigenvalue weighted by molar-refractivity contribution is 5.95. The molecule has 0 saturated heterocycles. The molecular weight excluding hydrogens is 217 g/mol. The number of benzene rings is 1. The van der Waals surface area contributed by atoms with Crippen LogP contribution in [0.1, 0.15) is 16.1 Å². The van der Waals surface area contributed by atoms with E-state index in [1.165, 1.54) is 12.1 Å². The van der Waals surface area contributed by atoms with E-state index in [9.17, 15) is 9.18 Å². The summed E-state index contributed by atoms with van der Waals surface area (Å²) in [4.78, 5) is 11.9. The lowest BCUT2D eigenvalue weighted by Gasteiger charge is -2.00. The van der Waals surface area contributed by atoms with Crippen LogP contribution in [0.5, 0.6) is 0 Å². The van der Waals surface area contributed by atoms with Crippen molar-refractivity contribution in [3.8, 4) is 0 Å². The van der Waals surface area contributed by atoms with Gasteiger partial charge in [-0.2, -0.15) is 4.57 Å². The monoisotopic (exact) mass is 230 g/mol. The summed E-state index contributed by atoms with van der Waals surface area (Å²) in [6.07, 6.45) is 1.84. The molecule has 0 aliphatic heterocycles. The number of rotatable bonds is 3. The Morgan fingerprint density at radius 3 is 2.76 bits per heavy atom. The third-order valence-electron chi connectivity index (χ3n) is 2.63. The van der Waals surface area contributed by atoms with Gasteiger partial charge < -0.3 is 0 Å². The Kier molecular flexibility index (Phi) is 3.28. The summed E-state index contributed by atoms with van der Waals surface area (Å²) in [7, 11) is 0. The predicted octanol–water partition coefficient (Wildman–Crippen LogP) is 2.30. The van der Waals surface area contributed by atoms with Crippen LogP contribution in [-0.2, 0) is 6.54 Å². The molecule has 0 bridgehead atoms. The standard InChI is InChI=1S/C14H13FNO/c1-11-5-2-3-8-16(11)10-14(17)12-6-4-7-13(15)9-12/h2-9H,10H2,1H3/q+1. The summed E-state index contributed by atoms with van der Waals surface area (Å²) in [6.45, 7) is 2.16. The summed E-state index contributed by atoms with van der Waals surface area (Å²) in [5.74, 6) is -0.477. The summed E-state index contributed by atoms with van der Waals surface area (Å²) in [6, 6.07) is 11.5. The minimum atomic E-state index is -0.384. The van der Waals surface area contributed by atoms with Gasteiger partial charge >= 0.3 is 0 Å². The van der Waals surface area contributed by atoms with Gasteiger partial charge in [0.05, 0.1) is 0 Å². The third-order valence-corrected chi connectivity index (χ3v) is 2.63. The molecule has 0 spiro atoms. The summed E-state index contributed by atoms with van der Waals surface area (Å²) in [5.41, 5.74) is 1.40. The van der Waals surface area contributed by atoms with Crippen LogP contribution >= 0.6 is 0 Å². The summed E-state index contributed by atoms with van der Waals surface area (Å²) < 4.78 is 14.8. The number of nitrogens with zero attached hydrogens (tertiary/aromatic N) is 1. The van der Waals surface area contributed by atoms with Gasteiger partial charge in [-0.1, -0.05) is 18.2 Å². The quantitative estimate of drug-likeness (QED) is 0.585. The van der Waals surface area contributed by atoms with Gasteiger partial charge in [0.2, 0.25) is 12.3 Å². The first kappa shape index (κ1) is 11.5. The largest absolute Gasteiger partial charge is 0.287 e. The molecule has 1 aromatic heterocycles. The van der Waals surface area contributed by atoms with Crippen molar-refractivity contribution in [1.82, 2.24) is 0 Å². The van der Waals surface area contributed by atoms with Crippen LogP contribution in [0, 0.1) is 12.7 Å². The van der Waals surface area contributed by atoms with Crippen LogP contribution in [-0.4, -0.2) is 5.78 Å². The van der Waals surface area contributed by atoms with Crippen LogP contribution in [0.25, 0.3) is 0 Å². The highest BCUT2D eigenvalue weighted by Crippen LogP contribution is 2.04. The SMILES string of the molecule is Cc1cccc[n+]1CC(=O)c1cccc(F)c1. The number of aryl methyl sites for hydroxylation is 1. The second kappa shape index (κ2) is 4.87. The third kappa shape index (κ3) is 2.75. The first-order chi connectivity index (χ1) is 8.16. The predicted molar refractivity (Wildman–Crippen MR) is 62.1 cm³/mol. The van der Waals surface area contributed by atoms with Gasteiger partial charge in [-0.05, 0) is 12.1 Å². The van der Waals surface area contributed by atoms with E-state index in [0.717, 1.165) is 5.69 Å². The van der Waals surface area contributed by atoms with Crippen molar-refractivity contribution in [2.45, 2.75) is 13.5 Å². The second-order valence-electron chi connectivity index (χ2n) is 3.90. The Morgan fingerprint density at radius 2 is 2.06 bits per heavy atom. The van der Waals surface area contributed by atoms with Crippen molar-refractivity contribution in [3.63, 3.8) is 0 Å². The number of carbonyl (C=O) groups is 1. The fraction of sp³-hybridized carbons (Fsp3) is 0.143. The molecule has 0 radical (unpaired) electrons. The Morgan fingerprint density at radius 1 is 1.24 bits per heavy atom. The average Bonchev–Trinajstić information content (AvgIpc) is 2.32. The van der Waals surface area contributed by atoms with Gasteiger partial charge in [-0.15, -0.1) is 0 Å². The lowest BCUT2D eigenvalue weighted by atomic mass is 10.1. The van der Waals surface area contributed by atoms with Crippen LogP contribution in [0.3, 0.4) is 0 Å². The number of aromatic nitrogens is 1. The van der Waals surface area contributed by atoms with E-state index < -0.39 is 0 Å². The molecule has 3 heteroatoms. The van der Waals surface area contributed by atoms with E-state index in [2.05, 4.69) is 0 Å². The fourth-order valence-electron chi connectivity index (χ4n) is 1.65. The van der Waals surface area contributed by atoms with E-state index in [1.807, 2.05) is 35.9 Å². The zero-order chi connectivity index (χ0) is 12.3. The van der Waals surface area contributed by atoms with E-state index >= 15 is 0 Å². The van der Waals surface area contributed by atoms with Crippen molar-refractivity contribution in [3.05, 3.63) is 65.7 Å². The van der Waals surface area contributed by atoms with Crippen molar-refractivity contribution in [2.24, 2.45) is 0 Å². The van der Waals surface area contributed by atoms with Crippen LogP contribution in [0.4, 0.5) is 4.39 Å². The van der Waals surface area contributed by atoms with Crippen LogP contribution < -0.4 is 4.57 Å². The van der Waals surface area contributed by atoms with E-state index in [1.54, 1.807) is 12.1 Å². The Hall–Kier alpha value is -2.03. The Balaban J connectivity index is 2.20. The van der Waals surface area contributed by atoms with Crippen molar-refractivity contribution in [1.29, 1.82) is 0 Å². The van der Waals surface area contributed by atoms with Crippen molar-refractivity contribution >= 4 is 5.78 Å². The average molecular weight is 230 g/mol. The number of Topliss-reactive ketones (excluding diaryl/α,β-unsaturated/α-hetero) is 1. The number of ketones is 1. The molecule has 2 nitrogen and oxygen atoms in total. The molecule has 1 heterocycles. The van der Waals surface area contributed by atoms with Gasteiger partial charge in [-0.3, -0.25) is 4.79 Å².